The number of hydrogen-bond donors (Lipinski definition) is 2. The molecule has 1 aliphatic heterocycles. The molecule has 3 rings (SSSR count). The molecule has 1 atom stereocenters. The molecule has 0 radical (unpaired) electrons. The van der Waals surface area contributed by atoms with Gasteiger partial charge < -0.3 is 15.2 Å². The molecule has 0 spiro atoms. The summed E-state index contributed by atoms with van der Waals surface area (Å²) in [5.74, 6) is 0.927. The zero-order chi connectivity index (χ0) is 18.5. The molecule has 1 aliphatic rings. The fraction of sp³-hybridized carbons (Fsp3) is 0.600. The highest BCUT2D eigenvalue weighted by Gasteiger charge is 2.18. The van der Waals surface area contributed by atoms with Crippen LogP contribution in [0.25, 0.3) is 11.0 Å². The van der Waals surface area contributed by atoms with Crippen LogP contribution >= 0.6 is 0 Å². The molecular weight excluding hydrogens is 326 g/mol. The molecule has 1 fully saturated rings. The molecule has 1 aromatic carbocycles. The Kier molecular flexibility index (Phi) is 6.14. The van der Waals surface area contributed by atoms with Crippen LogP contribution in [0.3, 0.4) is 0 Å². The summed E-state index contributed by atoms with van der Waals surface area (Å²) in [5.41, 5.74) is 3.25. The van der Waals surface area contributed by atoms with E-state index in [2.05, 4.69) is 40.1 Å². The lowest BCUT2D eigenvalue weighted by Crippen LogP contribution is -2.47. The minimum absolute atomic E-state index is 0.0128. The molecule has 0 bridgehead atoms. The predicted molar refractivity (Wildman–Crippen MR) is 105 cm³/mol. The summed E-state index contributed by atoms with van der Waals surface area (Å²) in [5, 5.41) is 3.07. The van der Waals surface area contributed by atoms with Crippen LogP contribution in [0.4, 0.5) is 4.79 Å². The Labute approximate surface area is 156 Å². The molecular formula is C20H31N5O. The third-order valence-electron chi connectivity index (χ3n) is 5.36. The van der Waals surface area contributed by atoms with Crippen molar-refractivity contribution in [2.24, 2.45) is 0 Å². The van der Waals surface area contributed by atoms with Crippen LogP contribution in [0.5, 0.6) is 0 Å². The number of fused-ring (bicyclic) bond motifs is 1. The molecule has 0 unspecified atom stereocenters. The Balaban J connectivity index is 1.45. The van der Waals surface area contributed by atoms with E-state index >= 15 is 0 Å². The summed E-state index contributed by atoms with van der Waals surface area (Å²) in [6.07, 6.45) is 4.60. The zero-order valence-corrected chi connectivity index (χ0v) is 16.2. The van der Waals surface area contributed by atoms with Crippen LogP contribution in [-0.2, 0) is 6.42 Å². The van der Waals surface area contributed by atoms with Crippen LogP contribution in [0, 0.1) is 6.92 Å². The third kappa shape index (κ3) is 4.55. The van der Waals surface area contributed by atoms with E-state index in [0.717, 1.165) is 36.4 Å². The van der Waals surface area contributed by atoms with Crippen LogP contribution < -0.4 is 5.32 Å². The number of nitrogens with one attached hydrogen (secondary N) is 2. The van der Waals surface area contributed by atoms with E-state index in [1.54, 1.807) is 4.90 Å². The Hall–Kier alpha value is -2.08. The van der Waals surface area contributed by atoms with Crippen LogP contribution in [0.1, 0.15) is 37.6 Å². The predicted octanol–water partition coefficient (Wildman–Crippen LogP) is 2.93. The number of imidazole rings is 1. The lowest BCUT2D eigenvalue weighted by molar-refractivity contribution is 0.165. The Bertz CT molecular complexity index is 735. The molecule has 0 aliphatic carbocycles. The molecule has 1 aromatic heterocycles. The number of benzene rings is 1. The van der Waals surface area contributed by atoms with Gasteiger partial charge in [0.15, 0.2) is 0 Å². The lowest BCUT2D eigenvalue weighted by atomic mass is 10.1. The number of urea groups is 1. The van der Waals surface area contributed by atoms with Gasteiger partial charge in [0, 0.05) is 32.6 Å². The molecule has 6 heteroatoms. The van der Waals surface area contributed by atoms with Crippen molar-refractivity contribution in [3.8, 4) is 0 Å². The van der Waals surface area contributed by atoms with Crippen molar-refractivity contribution >= 4 is 17.1 Å². The number of rotatable bonds is 6. The van der Waals surface area contributed by atoms with Gasteiger partial charge in [0.2, 0.25) is 0 Å². The van der Waals surface area contributed by atoms with Gasteiger partial charge in [-0.25, -0.2) is 9.78 Å². The summed E-state index contributed by atoms with van der Waals surface area (Å²) < 4.78 is 0. The van der Waals surface area contributed by atoms with Crippen molar-refractivity contribution in [1.29, 1.82) is 0 Å². The number of aromatic nitrogens is 2. The number of nitrogens with zero attached hydrogens (tertiary/aromatic N) is 3. The quantitative estimate of drug-likeness (QED) is 0.835. The van der Waals surface area contributed by atoms with Crippen molar-refractivity contribution < 1.29 is 4.79 Å². The van der Waals surface area contributed by atoms with Gasteiger partial charge in [-0.1, -0.05) is 18.6 Å². The molecule has 142 valence electrons. The highest BCUT2D eigenvalue weighted by Crippen LogP contribution is 2.15. The number of likely N-dealkylation sites (tertiary alicyclic amines) is 1. The average Bonchev–Trinajstić information content (AvgIpc) is 3.09. The topological polar surface area (TPSA) is 64.3 Å². The van der Waals surface area contributed by atoms with E-state index in [9.17, 15) is 4.79 Å². The van der Waals surface area contributed by atoms with E-state index in [1.165, 1.54) is 24.8 Å². The summed E-state index contributed by atoms with van der Waals surface area (Å²) in [6.45, 7) is 7.91. The fourth-order valence-corrected chi connectivity index (χ4v) is 3.58. The van der Waals surface area contributed by atoms with Crippen molar-refractivity contribution in [3.63, 3.8) is 0 Å². The van der Waals surface area contributed by atoms with Gasteiger partial charge in [0.1, 0.15) is 5.82 Å². The monoisotopic (exact) mass is 357 g/mol. The minimum Gasteiger partial charge on any atom is -0.342 e. The number of aryl methyl sites for hydroxylation is 1. The molecule has 2 aromatic rings. The van der Waals surface area contributed by atoms with Gasteiger partial charge in [-0.15, -0.1) is 0 Å². The first kappa shape index (κ1) is 18.7. The zero-order valence-electron chi connectivity index (χ0n) is 16.2. The van der Waals surface area contributed by atoms with Crippen molar-refractivity contribution in [1.82, 2.24) is 25.1 Å². The second kappa shape index (κ2) is 8.54. The molecule has 26 heavy (non-hydrogen) atoms. The molecule has 1 saturated heterocycles. The van der Waals surface area contributed by atoms with Crippen molar-refractivity contribution in [3.05, 3.63) is 29.6 Å². The van der Waals surface area contributed by atoms with E-state index in [4.69, 9.17) is 0 Å². The minimum atomic E-state index is -0.0128. The highest BCUT2D eigenvalue weighted by atomic mass is 16.2. The van der Waals surface area contributed by atoms with Crippen LogP contribution in [0.15, 0.2) is 18.2 Å². The maximum atomic E-state index is 12.3. The van der Waals surface area contributed by atoms with Crippen molar-refractivity contribution in [2.45, 2.75) is 45.6 Å². The summed E-state index contributed by atoms with van der Waals surface area (Å²) >= 11 is 0. The van der Waals surface area contributed by atoms with E-state index in [0.29, 0.717) is 19.1 Å². The number of carbonyl (C=O) groups is 1. The average molecular weight is 358 g/mol. The summed E-state index contributed by atoms with van der Waals surface area (Å²) in [4.78, 5) is 24.6. The number of aromatic amines is 1. The second-order valence-electron chi connectivity index (χ2n) is 7.46. The number of likely N-dealkylation sites (N-methyl/N-ethyl adjacent to an activating group) is 1. The number of H-pyrrole nitrogens is 1. The van der Waals surface area contributed by atoms with Crippen LogP contribution in [0.2, 0.25) is 0 Å². The van der Waals surface area contributed by atoms with Gasteiger partial charge in [0.05, 0.1) is 11.0 Å². The SMILES string of the molecule is Cc1cccc2[nH]c(CCN(C)C(=O)NC[C@H](C)N3CCCCC3)nc12. The standard InChI is InChI=1S/C20H31N5O/c1-15-8-7-9-17-19(15)23-18(22-17)10-13-24(3)20(26)21-14-16(2)25-11-5-4-6-12-25/h7-9,16H,4-6,10-14H2,1-3H3,(H,21,26)(H,22,23)/t16-/m0/s1. The summed E-state index contributed by atoms with van der Waals surface area (Å²) in [6, 6.07) is 6.52. The van der Waals surface area contributed by atoms with Gasteiger partial charge in [-0.3, -0.25) is 4.90 Å². The first-order chi connectivity index (χ1) is 12.5. The van der Waals surface area contributed by atoms with Gasteiger partial charge >= 0.3 is 6.03 Å². The molecule has 2 heterocycles. The number of para-hydroxylation sites is 1. The highest BCUT2D eigenvalue weighted by molar-refractivity contribution is 5.78. The number of piperidine rings is 1. The smallest absolute Gasteiger partial charge is 0.317 e. The molecule has 6 nitrogen and oxygen atoms in total. The van der Waals surface area contributed by atoms with Gasteiger partial charge in [-0.05, 0) is 51.4 Å². The first-order valence-electron chi connectivity index (χ1n) is 9.72. The fourth-order valence-electron chi connectivity index (χ4n) is 3.58. The second-order valence-corrected chi connectivity index (χ2v) is 7.46. The largest absolute Gasteiger partial charge is 0.342 e. The van der Waals surface area contributed by atoms with E-state index in [1.807, 2.05) is 19.2 Å². The Morgan fingerprint density at radius 3 is 2.85 bits per heavy atom. The first-order valence-corrected chi connectivity index (χ1v) is 9.72. The van der Waals surface area contributed by atoms with Gasteiger partial charge in [0.25, 0.3) is 0 Å². The number of amides is 2. The normalized spacial score (nSPS) is 16.6. The maximum Gasteiger partial charge on any atom is 0.317 e. The van der Waals surface area contributed by atoms with Gasteiger partial charge in [-0.2, -0.15) is 0 Å². The Morgan fingerprint density at radius 2 is 2.12 bits per heavy atom. The Morgan fingerprint density at radius 1 is 1.35 bits per heavy atom. The lowest BCUT2D eigenvalue weighted by Gasteiger charge is -2.32. The molecule has 2 amide bonds. The molecule has 0 saturated carbocycles. The van der Waals surface area contributed by atoms with E-state index < -0.39 is 0 Å². The van der Waals surface area contributed by atoms with Crippen molar-refractivity contribution in [2.75, 3.05) is 33.2 Å². The maximum absolute atomic E-state index is 12.3. The number of hydrogen-bond acceptors (Lipinski definition) is 3. The third-order valence-corrected chi connectivity index (χ3v) is 5.36. The summed E-state index contributed by atoms with van der Waals surface area (Å²) in [7, 11) is 1.84. The van der Waals surface area contributed by atoms with E-state index in [-0.39, 0.29) is 6.03 Å². The molecule has 2 N–H and O–H groups in total. The van der Waals surface area contributed by atoms with Crippen LogP contribution in [-0.4, -0.2) is 65.1 Å². The number of carbonyl (C=O) groups excluding carboxylic acids is 1.